The van der Waals surface area contributed by atoms with Crippen LogP contribution in [0.25, 0.3) is 0 Å². The Morgan fingerprint density at radius 3 is 2.24 bits per heavy atom. The molecule has 8 heteroatoms. The number of ether oxygens (including phenoxy) is 2. The van der Waals surface area contributed by atoms with Gasteiger partial charge in [-0.3, -0.25) is 0 Å². The lowest BCUT2D eigenvalue weighted by atomic mass is 9.56. The summed E-state index contributed by atoms with van der Waals surface area (Å²) in [6, 6.07) is 9.04. The molecule has 2 aliphatic carbocycles. The van der Waals surface area contributed by atoms with Gasteiger partial charge < -0.3 is 15.2 Å². The van der Waals surface area contributed by atoms with Gasteiger partial charge in [0.15, 0.2) is 11.2 Å². The molecule has 1 fully saturated rings. The van der Waals surface area contributed by atoms with Crippen LogP contribution in [-0.2, 0) is 9.47 Å². The molecule has 146 valence electrons. The number of fused-ring (bicyclic) bond motifs is 1. The molecule has 0 saturated carbocycles. The van der Waals surface area contributed by atoms with E-state index in [-0.39, 0.29) is 17.7 Å². The molecule has 1 aliphatic heterocycles. The molecule has 6 nitrogen and oxygen atoms in total. The highest BCUT2D eigenvalue weighted by Gasteiger charge is 2.58. The van der Waals surface area contributed by atoms with Crippen LogP contribution in [0.2, 0.25) is 0 Å². The fourth-order valence-corrected chi connectivity index (χ4v) is 4.72. The van der Waals surface area contributed by atoms with Crippen LogP contribution in [0, 0.1) is 57.0 Å². The van der Waals surface area contributed by atoms with Gasteiger partial charge >= 0.3 is 0 Å². The van der Waals surface area contributed by atoms with E-state index in [9.17, 15) is 24.6 Å². The normalized spacial score (nSPS) is 26.8. The van der Waals surface area contributed by atoms with Crippen molar-refractivity contribution < 1.29 is 18.3 Å². The summed E-state index contributed by atoms with van der Waals surface area (Å²) in [6.45, 7) is 0.721. The van der Waals surface area contributed by atoms with Crippen LogP contribution in [0.4, 0.5) is 8.78 Å². The molecular weight excluding hydrogens is 378 g/mol. The average Bonchev–Trinajstić information content (AvgIpc) is 3.16. The van der Waals surface area contributed by atoms with Crippen LogP contribution in [0.15, 0.2) is 41.1 Å². The number of rotatable bonds is 1. The molecule has 0 amide bonds. The van der Waals surface area contributed by atoms with Gasteiger partial charge in [-0.15, -0.1) is 0 Å². The van der Waals surface area contributed by atoms with Crippen LogP contribution < -0.4 is 5.73 Å². The van der Waals surface area contributed by atoms with Gasteiger partial charge in [-0.1, -0.05) is 12.1 Å². The number of nitrogens with two attached hydrogens (primary N) is 1. The van der Waals surface area contributed by atoms with Gasteiger partial charge in [0.25, 0.3) is 0 Å². The number of nitrogens with zero attached hydrogens (tertiary/aromatic N) is 3. The fourth-order valence-electron chi connectivity index (χ4n) is 4.72. The van der Waals surface area contributed by atoms with Gasteiger partial charge in [0.1, 0.15) is 17.7 Å². The Bertz CT molecular complexity index is 1030. The molecule has 1 spiro atoms. The predicted octanol–water partition coefficient (Wildman–Crippen LogP) is 2.91. The third-order valence-corrected chi connectivity index (χ3v) is 6.00. The van der Waals surface area contributed by atoms with Gasteiger partial charge in [0.05, 0.1) is 36.6 Å². The monoisotopic (exact) mass is 394 g/mol. The molecule has 0 unspecified atom stereocenters. The van der Waals surface area contributed by atoms with Gasteiger partial charge in [0, 0.05) is 30.2 Å². The molecule has 0 bridgehead atoms. The van der Waals surface area contributed by atoms with Crippen molar-refractivity contribution in [3.63, 3.8) is 0 Å². The molecule has 29 heavy (non-hydrogen) atoms. The second-order valence-corrected chi connectivity index (χ2v) is 7.33. The third-order valence-electron chi connectivity index (χ3n) is 6.00. The maximum atomic E-state index is 14.8. The largest absolute Gasteiger partial charge is 0.399 e. The van der Waals surface area contributed by atoms with Crippen molar-refractivity contribution in [3.8, 4) is 18.2 Å². The summed E-state index contributed by atoms with van der Waals surface area (Å²) >= 11 is 0. The zero-order chi connectivity index (χ0) is 20.8. The molecule has 0 radical (unpaired) electrons. The smallest absolute Gasteiger partial charge is 0.191 e. The highest BCUT2D eigenvalue weighted by molar-refractivity contribution is 5.59. The minimum atomic E-state index is -2.12. The highest BCUT2D eigenvalue weighted by Crippen LogP contribution is 2.58. The van der Waals surface area contributed by atoms with Crippen molar-refractivity contribution in [2.45, 2.75) is 24.5 Å². The number of allylic oxidation sites excluding steroid dienone is 3. The Balaban J connectivity index is 2.03. The number of hydrogen-bond donors (Lipinski definition) is 1. The minimum Gasteiger partial charge on any atom is -0.399 e. The summed E-state index contributed by atoms with van der Waals surface area (Å²) in [4.78, 5) is 0. The van der Waals surface area contributed by atoms with Gasteiger partial charge in [-0.05, 0) is 17.7 Å². The van der Waals surface area contributed by atoms with E-state index in [4.69, 9.17) is 15.2 Å². The minimum absolute atomic E-state index is 0.000977. The zero-order valence-corrected chi connectivity index (χ0v) is 15.3. The van der Waals surface area contributed by atoms with E-state index in [2.05, 4.69) is 0 Å². The summed E-state index contributed by atoms with van der Waals surface area (Å²) in [5.41, 5.74) is 3.79. The second kappa shape index (κ2) is 6.67. The summed E-state index contributed by atoms with van der Waals surface area (Å²) in [7, 11) is 0. The average molecular weight is 394 g/mol. The van der Waals surface area contributed by atoms with Crippen molar-refractivity contribution in [3.05, 3.63) is 58.3 Å². The summed E-state index contributed by atoms with van der Waals surface area (Å²) in [5.74, 6) is -4.82. The quantitative estimate of drug-likeness (QED) is 0.783. The Hall–Kier alpha value is -3.25. The first-order valence-corrected chi connectivity index (χ1v) is 9.08. The van der Waals surface area contributed by atoms with Crippen molar-refractivity contribution in [1.82, 2.24) is 0 Å². The molecule has 1 heterocycles. The van der Waals surface area contributed by atoms with Crippen molar-refractivity contribution in [2.75, 3.05) is 13.2 Å². The lowest BCUT2D eigenvalue weighted by molar-refractivity contribution is -0.171. The van der Waals surface area contributed by atoms with Crippen molar-refractivity contribution in [1.29, 1.82) is 15.8 Å². The van der Waals surface area contributed by atoms with Gasteiger partial charge in [0.2, 0.25) is 0 Å². The molecule has 1 aromatic rings. The van der Waals surface area contributed by atoms with Crippen LogP contribution in [0.1, 0.15) is 24.3 Å². The Morgan fingerprint density at radius 1 is 1.07 bits per heavy atom. The standard InChI is InChI=1S/C21H16F2N4O2/c22-15-2-1-3-16(23)17(15)18-13-8-21(28-6-7-29-21)5-4-12(13)14(9-24)19(27)20(18,10-25)11-26/h1-4,13,18H,5-8,27H2/t13-,18+/m1/s1. The van der Waals surface area contributed by atoms with Crippen LogP contribution >= 0.6 is 0 Å². The summed E-state index contributed by atoms with van der Waals surface area (Å²) < 4.78 is 41.2. The Kier molecular flexibility index (Phi) is 4.39. The molecule has 2 atom stereocenters. The molecule has 0 aromatic heterocycles. The topological polar surface area (TPSA) is 116 Å². The predicted molar refractivity (Wildman–Crippen MR) is 95.0 cm³/mol. The SMILES string of the molecule is N#CC1=C(N)C(C#N)(C#N)[C@H](c2c(F)cccc2F)[C@@H]2CC3(CC=C12)OCCO3. The van der Waals surface area contributed by atoms with E-state index in [1.165, 1.54) is 6.07 Å². The molecule has 1 saturated heterocycles. The maximum absolute atomic E-state index is 14.8. The molecule has 1 aromatic carbocycles. The second-order valence-electron chi connectivity index (χ2n) is 7.33. The van der Waals surface area contributed by atoms with Crippen molar-refractivity contribution >= 4 is 0 Å². The van der Waals surface area contributed by atoms with E-state index >= 15 is 0 Å². The van der Waals surface area contributed by atoms with Gasteiger partial charge in [-0.25, -0.2) is 8.78 Å². The number of benzene rings is 1. The highest BCUT2D eigenvalue weighted by atomic mass is 19.1. The van der Waals surface area contributed by atoms with E-state index in [1.807, 2.05) is 18.2 Å². The third kappa shape index (κ3) is 2.56. The van der Waals surface area contributed by atoms with E-state index in [0.717, 1.165) is 12.1 Å². The molecule has 3 aliphatic rings. The molecular formula is C21H16F2N4O2. The summed E-state index contributed by atoms with van der Waals surface area (Å²) in [5, 5.41) is 29.6. The summed E-state index contributed by atoms with van der Waals surface area (Å²) in [6.07, 6.45) is 2.17. The van der Waals surface area contributed by atoms with Crippen LogP contribution in [0.3, 0.4) is 0 Å². The Labute approximate surface area is 166 Å². The molecule has 4 rings (SSSR count). The number of nitriles is 3. The van der Waals surface area contributed by atoms with Crippen LogP contribution in [-0.4, -0.2) is 19.0 Å². The van der Waals surface area contributed by atoms with E-state index in [0.29, 0.717) is 25.2 Å². The van der Waals surface area contributed by atoms with E-state index in [1.54, 1.807) is 6.08 Å². The van der Waals surface area contributed by atoms with Crippen LogP contribution in [0.5, 0.6) is 0 Å². The first-order chi connectivity index (χ1) is 13.9. The van der Waals surface area contributed by atoms with Gasteiger partial charge in [-0.2, -0.15) is 15.8 Å². The maximum Gasteiger partial charge on any atom is 0.191 e. The first kappa shape index (κ1) is 19.1. The van der Waals surface area contributed by atoms with Crippen molar-refractivity contribution in [2.24, 2.45) is 17.1 Å². The lowest BCUT2D eigenvalue weighted by Gasteiger charge is -2.46. The van der Waals surface area contributed by atoms with E-state index < -0.39 is 40.2 Å². The Morgan fingerprint density at radius 2 is 1.69 bits per heavy atom. The first-order valence-electron chi connectivity index (χ1n) is 9.08. The number of hydrogen-bond acceptors (Lipinski definition) is 6. The fraction of sp³-hybridized carbons (Fsp3) is 0.381. The molecule has 2 N–H and O–H groups in total. The zero-order valence-electron chi connectivity index (χ0n) is 15.3. The lowest BCUT2D eigenvalue weighted by Crippen LogP contribution is -2.47. The number of halogens is 2.